The lowest BCUT2D eigenvalue weighted by molar-refractivity contribution is -0.163. The number of aromatic nitrogens is 2. The number of hydrogen-bond acceptors (Lipinski definition) is 9. The highest BCUT2D eigenvalue weighted by Crippen LogP contribution is 2.20. The van der Waals surface area contributed by atoms with Crippen molar-refractivity contribution in [1.82, 2.24) is 10.2 Å². The molecule has 23 heavy (non-hydrogen) atoms. The van der Waals surface area contributed by atoms with Gasteiger partial charge in [0.25, 0.3) is 0 Å². The number of ether oxygens (including phenoxy) is 2. The Bertz CT molecular complexity index is 560. The lowest BCUT2D eigenvalue weighted by atomic mass is 10.1. The van der Waals surface area contributed by atoms with Gasteiger partial charge in [-0.2, -0.15) is 0 Å². The topological polar surface area (TPSA) is 116 Å². The minimum absolute atomic E-state index is 0.189. The smallest absolute Gasteiger partial charge is 0.329 e. The van der Waals surface area contributed by atoms with E-state index in [2.05, 4.69) is 15.5 Å². The average Bonchev–Trinajstić information content (AvgIpc) is 2.69. The molecule has 1 unspecified atom stereocenters. The van der Waals surface area contributed by atoms with Crippen LogP contribution in [0.5, 0.6) is 0 Å². The number of nitrogen functional groups attached to an aromatic ring is 1. The molecule has 1 aromatic rings. The maximum Gasteiger partial charge on any atom is 0.329 e. The summed E-state index contributed by atoms with van der Waals surface area (Å²) < 4.78 is 10.6. The van der Waals surface area contributed by atoms with E-state index in [1.54, 1.807) is 41.5 Å². The van der Waals surface area contributed by atoms with Crippen molar-refractivity contribution in [3.8, 4) is 0 Å². The zero-order valence-corrected chi connectivity index (χ0v) is 15.1. The van der Waals surface area contributed by atoms with Crippen LogP contribution in [0.15, 0.2) is 0 Å². The van der Waals surface area contributed by atoms with Crippen LogP contribution < -0.4 is 11.1 Å². The molecule has 0 amide bonds. The molecule has 9 heteroatoms. The first-order valence-electron chi connectivity index (χ1n) is 7.16. The van der Waals surface area contributed by atoms with Crippen molar-refractivity contribution in [3.63, 3.8) is 0 Å². The Morgan fingerprint density at radius 1 is 1.13 bits per heavy atom. The molecule has 1 rings (SSSR count). The summed E-state index contributed by atoms with van der Waals surface area (Å²) in [5, 5.41) is 10.9. The number of nitrogens with two attached hydrogens (primary N) is 1. The zero-order chi connectivity index (χ0) is 17.8. The van der Waals surface area contributed by atoms with Crippen LogP contribution in [0.25, 0.3) is 0 Å². The van der Waals surface area contributed by atoms with Gasteiger partial charge in [-0.05, 0) is 41.5 Å². The molecular weight excluding hydrogens is 320 g/mol. The number of nitrogens with zero attached hydrogens (tertiary/aromatic N) is 2. The maximum absolute atomic E-state index is 12.3. The fourth-order valence-corrected chi connectivity index (χ4v) is 2.12. The number of nitrogens with one attached hydrogen (secondary N) is 1. The second-order valence-electron chi connectivity index (χ2n) is 6.97. The van der Waals surface area contributed by atoms with Crippen LogP contribution in [0.1, 0.15) is 48.0 Å². The number of carbonyl (C=O) groups is 2. The van der Waals surface area contributed by atoms with Gasteiger partial charge in [-0.15, -0.1) is 10.2 Å². The minimum Gasteiger partial charge on any atom is -0.460 e. The van der Waals surface area contributed by atoms with Crippen LogP contribution >= 0.6 is 11.3 Å². The molecule has 1 atom stereocenters. The van der Waals surface area contributed by atoms with Gasteiger partial charge in [-0.3, -0.25) is 4.79 Å². The minimum atomic E-state index is -0.934. The summed E-state index contributed by atoms with van der Waals surface area (Å²) >= 11 is 1.08. The second kappa shape index (κ2) is 7.12. The largest absolute Gasteiger partial charge is 0.460 e. The van der Waals surface area contributed by atoms with Gasteiger partial charge >= 0.3 is 11.9 Å². The normalized spacial score (nSPS) is 13.3. The Balaban J connectivity index is 2.83. The molecule has 0 saturated carbocycles. The van der Waals surface area contributed by atoms with Crippen molar-refractivity contribution < 1.29 is 19.1 Å². The van der Waals surface area contributed by atoms with Crippen molar-refractivity contribution >= 4 is 33.5 Å². The first-order chi connectivity index (χ1) is 10.4. The van der Waals surface area contributed by atoms with Crippen molar-refractivity contribution in [3.05, 3.63) is 0 Å². The van der Waals surface area contributed by atoms with E-state index in [4.69, 9.17) is 15.2 Å². The van der Waals surface area contributed by atoms with Gasteiger partial charge in [0.2, 0.25) is 10.3 Å². The van der Waals surface area contributed by atoms with E-state index in [1.165, 1.54) is 0 Å². The molecule has 8 nitrogen and oxygen atoms in total. The summed E-state index contributed by atoms with van der Waals surface area (Å²) in [6.45, 7) is 10.5. The third-order valence-corrected chi connectivity index (χ3v) is 2.90. The Hall–Kier alpha value is -1.90. The summed E-state index contributed by atoms with van der Waals surface area (Å²) in [6.07, 6.45) is -0.189. The molecule has 0 aliphatic carbocycles. The molecule has 0 saturated heterocycles. The van der Waals surface area contributed by atoms with Crippen LogP contribution in [0.2, 0.25) is 0 Å². The summed E-state index contributed by atoms with van der Waals surface area (Å²) in [5.41, 5.74) is 4.20. The Morgan fingerprint density at radius 2 is 1.70 bits per heavy atom. The van der Waals surface area contributed by atoms with E-state index in [0.29, 0.717) is 5.13 Å². The standard InChI is InChI=1S/C14H24N4O4S/c1-13(2,3)21-9(19)7-8(10(20)22-14(4,5)6)16-12-18-17-11(15)23-12/h8H,7H2,1-6H3,(H2,15,17)(H,16,18). The molecule has 0 fully saturated rings. The molecule has 1 aromatic heterocycles. The molecule has 0 radical (unpaired) electrons. The van der Waals surface area contributed by atoms with E-state index in [9.17, 15) is 9.59 Å². The molecule has 130 valence electrons. The lowest BCUT2D eigenvalue weighted by Gasteiger charge is -2.25. The van der Waals surface area contributed by atoms with E-state index in [1.807, 2.05) is 0 Å². The summed E-state index contributed by atoms with van der Waals surface area (Å²) in [6, 6.07) is -0.934. The van der Waals surface area contributed by atoms with E-state index in [0.717, 1.165) is 11.3 Å². The molecule has 3 N–H and O–H groups in total. The van der Waals surface area contributed by atoms with Crippen LogP contribution in [-0.2, 0) is 19.1 Å². The Labute approximate surface area is 139 Å². The summed E-state index contributed by atoms with van der Waals surface area (Å²) in [4.78, 5) is 24.3. The number of carbonyl (C=O) groups excluding carboxylic acids is 2. The van der Waals surface area contributed by atoms with Gasteiger partial charge in [0.1, 0.15) is 17.2 Å². The third-order valence-electron chi connectivity index (χ3n) is 2.22. The van der Waals surface area contributed by atoms with Gasteiger partial charge in [-0.25, -0.2) is 4.79 Å². The first-order valence-corrected chi connectivity index (χ1v) is 7.97. The van der Waals surface area contributed by atoms with Gasteiger partial charge < -0.3 is 20.5 Å². The van der Waals surface area contributed by atoms with E-state index in [-0.39, 0.29) is 11.6 Å². The highest BCUT2D eigenvalue weighted by Gasteiger charge is 2.30. The summed E-state index contributed by atoms with van der Waals surface area (Å²) in [5.74, 6) is -1.09. The van der Waals surface area contributed by atoms with Crippen LogP contribution in [0.3, 0.4) is 0 Å². The fraction of sp³-hybridized carbons (Fsp3) is 0.714. The van der Waals surface area contributed by atoms with Crippen molar-refractivity contribution in [2.45, 2.75) is 65.2 Å². The maximum atomic E-state index is 12.3. The van der Waals surface area contributed by atoms with E-state index < -0.39 is 29.2 Å². The quantitative estimate of drug-likeness (QED) is 0.779. The van der Waals surface area contributed by atoms with Crippen LogP contribution in [0, 0.1) is 0 Å². The van der Waals surface area contributed by atoms with Gasteiger partial charge in [-0.1, -0.05) is 11.3 Å². The van der Waals surface area contributed by atoms with Crippen molar-refractivity contribution in [2.75, 3.05) is 11.1 Å². The number of rotatable bonds is 5. The van der Waals surface area contributed by atoms with Crippen molar-refractivity contribution in [2.24, 2.45) is 0 Å². The van der Waals surface area contributed by atoms with Crippen molar-refractivity contribution in [1.29, 1.82) is 0 Å². The van der Waals surface area contributed by atoms with E-state index >= 15 is 0 Å². The summed E-state index contributed by atoms with van der Waals surface area (Å²) in [7, 11) is 0. The van der Waals surface area contributed by atoms with Crippen LogP contribution in [-0.4, -0.2) is 39.4 Å². The fourth-order valence-electron chi connectivity index (χ4n) is 1.56. The Kier molecular flexibility index (Phi) is 5.92. The highest BCUT2D eigenvalue weighted by molar-refractivity contribution is 7.18. The molecule has 0 aliphatic rings. The highest BCUT2D eigenvalue weighted by atomic mass is 32.1. The van der Waals surface area contributed by atoms with Crippen LogP contribution in [0.4, 0.5) is 10.3 Å². The third kappa shape index (κ3) is 7.78. The number of anilines is 2. The number of esters is 2. The first kappa shape index (κ1) is 19.1. The zero-order valence-electron chi connectivity index (χ0n) is 14.3. The lowest BCUT2D eigenvalue weighted by Crippen LogP contribution is -2.39. The molecular formula is C14H24N4O4S. The van der Waals surface area contributed by atoms with Gasteiger partial charge in [0.05, 0.1) is 6.42 Å². The number of hydrogen-bond donors (Lipinski definition) is 2. The predicted molar refractivity (Wildman–Crippen MR) is 88.0 cm³/mol. The van der Waals surface area contributed by atoms with Gasteiger partial charge in [0, 0.05) is 0 Å². The second-order valence-corrected chi connectivity index (χ2v) is 7.98. The predicted octanol–water partition coefficient (Wildman–Crippen LogP) is 1.97. The molecule has 1 heterocycles. The average molecular weight is 344 g/mol. The Morgan fingerprint density at radius 3 is 2.13 bits per heavy atom. The SMILES string of the molecule is CC(C)(C)OC(=O)CC(Nc1nnc(N)s1)C(=O)OC(C)(C)C. The molecule has 0 aliphatic heterocycles. The molecule has 0 spiro atoms. The molecule has 0 bridgehead atoms. The monoisotopic (exact) mass is 344 g/mol. The molecule has 0 aromatic carbocycles. The van der Waals surface area contributed by atoms with Gasteiger partial charge in [0.15, 0.2) is 0 Å².